The molecule has 7 heteroatoms. The first-order valence-corrected chi connectivity index (χ1v) is 9.48. The number of nitrogens with zero attached hydrogens (tertiary/aromatic N) is 1. The number of rotatable bonds is 8. The average molecular weight is 367 g/mol. The van der Waals surface area contributed by atoms with Gasteiger partial charge in [-0.05, 0) is 45.1 Å². The maximum atomic E-state index is 11.5. The van der Waals surface area contributed by atoms with Gasteiger partial charge in [0.2, 0.25) is 0 Å². The van der Waals surface area contributed by atoms with Crippen molar-refractivity contribution in [2.45, 2.75) is 37.7 Å². The monoisotopic (exact) mass is 366 g/mol. The lowest BCUT2D eigenvalue weighted by Gasteiger charge is -2.19. The third kappa shape index (κ3) is 11.3. The van der Waals surface area contributed by atoms with E-state index in [-0.39, 0.29) is 0 Å². The number of amides is 1. The topological polar surface area (TPSA) is 74.8 Å². The molecule has 1 aromatic carbocycles. The first-order chi connectivity index (χ1) is 11.9. The minimum absolute atomic E-state index is 0.407. The highest BCUT2D eigenvalue weighted by Crippen LogP contribution is 2.17. The summed E-state index contributed by atoms with van der Waals surface area (Å²) >= 11 is 1.85. The van der Waals surface area contributed by atoms with Crippen molar-refractivity contribution in [2.24, 2.45) is 4.99 Å². The molecule has 140 valence electrons. The number of carbonyl (C=O) groups excluding carboxylic acids is 1. The zero-order valence-electron chi connectivity index (χ0n) is 15.6. The first-order valence-electron chi connectivity index (χ1n) is 8.50. The maximum Gasteiger partial charge on any atom is 0.407 e. The van der Waals surface area contributed by atoms with E-state index in [4.69, 9.17) is 4.74 Å². The second kappa shape index (κ2) is 11.6. The molecule has 0 spiro atoms. The van der Waals surface area contributed by atoms with Crippen LogP contribution in [0.1, 0.15) is 27.2 Å². The van der Waals surface area contributed by atoms with E-state index in [1.807, 2.05) is 38.6 Å². The van der Waals surface area contributed by atoms with Gasteiger partial charge >= 0.3 is 6.09 Å². The molecule has 25 heavy (non-hydrogen) atoms. The zero-order chi connectivity index (χ0) is 18.5. The average Bonchev–Trinajstić information content (AvgIpc) is 2.55. The lowest BCUT2D eigenvalue weighted by atomic mass is 10.2. The molecule has 0 fully saturated rings. The first kappa shape index (κ1) is 21.2. The van der Waals surface area contributed by atoms with Crippen LogP contribution in [0.4, 0.5) is 4.79 Å². The molecule has 0 aliphatic heterocycles. The Balaban J connectivity index is 2.07. The Bertz CT molecular complexity index is 530. The number of nitrogens with one attached hydrogen (secondary N) is 3. The summed E-state index contributed by atoms with van der Waals surface area (Å²) in [5.74, 6) is 1.78. The van der Waals surface area contributed by atoms with Crippen LogP contribution >= 0.6 is 11.8 Å². The van der Waals surface area contributed by atoms with Crippen LogP contribution in [-0.2, 0) is 4.74 Å². The lowest BCUT2D eigenvalue weighted by Crippen LogP contribution is -2.42. The normalized spacial score (nSPS) is 11.8. The van der Waals surface area contributed by atoms with Crippen molar-refractivity contribution in [1.82, 2.24) is 16.0 Å². The van der Waals surface area contributed by atoms with Gasteiger partial charge in [-0.2, -0.15) is 0 Å². The second-order valence-corrected chi connectivity index (χ2v) is 7.54. The summed E-state index contributed by atoms with van der Waals surface area (Å²) in [5, 5.41) is 9.13. The van der Waals surface area contributed by atoms with Crippen molar-refractivity contribution in [3.8, 4) is 0 Å². The molecule has 0 aromatic heterocycles. The van der Waals surface area contributed by atoms with E-state index in [0.29, 0.717) is 13.1 Å². The fourth-order valence-corrected chi connectivity index (χ4v) is 2.74. The van der Waals surface area contributed by atoms with Crippen LogP contribution < -0.4 is 16.0 Å². The SMILES string of the molecule is CN=C(NCCCSc1ccccc1)NCCNC(=O)OC(C)(C)C. The number of guanidine groups is 1. The number of hydrogen-bond donors (Lipinski definition) is 3. The summed E-state index contributed by atoms with van der Waals surface area (Å²) in [6, 6.07) is 10.4. The zero-order valence-corrected chi connectivity index (χ0v) is 16.4. The van der Waals surface area contributed by atoms with Gasteiger partial charge in [-0.3, -0.25) is 4.99 Å². The molecule has 1 amide bonds. The highest BCUT2D eigenvalue weighted by atomic mass is 32.2. The number of aliphatic imine (C=N–C) groups is 1. The maximum absolute atomic E-state index is 11.5. The summed E-state index contributed by atoms with van der Waals surface area (Å²) in [6.45, 7) is 7.42. The number of alkyl carbamates (subject to hydrolysis) is 1. The molecular formula is C18H30N4O2S. The Morgan fingerprint density at radius 3 is 2.36 bits per heavy atom. The van der Waals surface area contributed by atoms with Crippen LogP contribution in [0.25, 0.3) is 0 Å². The van der Waals surface area contributed by atoms with Crippen molar-refractivity contribution in [1.29, 1.82) is 0 Å². The van der Waals surface area contributed by atoms with Crippen LogP contribution in [0.3, 0.4) is 0 Å². The molecule has 1 aromatic rings. The van der Waals surface area contributed by atoms with Crippen molar-refractivity contribution >= 4 is 23.8 Å². The molecule has 0 saturated heterocycles. The molecule has 0 unspecified atom stereocenters. The predicted octanol–water partition coefficient (Wildman–Crippen LogP) is 2.86. The Hall–Kier alpha value is -1.89. The molecule has 1 rings (SSSR count). The minimum atomic E-state index is -0.479. The van der Waals surface area contributed by atoms with E-state index in [9.17, 15) is 4.79 Å². The highest BCUT2D eigenvalue weighted by Gasteiger charge is 2.15. The van der Waals surface area contributed by atoms with Gasteiger partial charge in [-0.1, -0.05) is 18.2 Å². The quantitative estimate of drug-likeness (QED) is 0.285. The Labute approximate surface area is 155 Å². The van der Waals surface area contributed by atoms with E-state index in [0.717, 1.165) is 24.7 Å². The minimum Gasteiger partial charge on any atom is -0.444 e. The lowest BCUT2D eigenvalue weighted by molar-refractivity contribution is 0.0529. The summed E-state index contributed by atoms with van der Waals surface area (Å²) < 4.78 is 5.17. The van der Waals surface area contributed by atoms with Gasteiger partial charge in [0.05, 0.1) is 0 Å². The summed E-state index contributed by atoms with van der Waals surface area (Å²) in [6.07, 6.45) is 0.631. The van der Waals surface area contributed by atoms with E-state index in [1.165, 1.54) is 4.90 Å². The Morgan fingerprint density at radius 1 is 1.08 bits per heavy atom. The molecule has 0 heterocycles. The molecule has 6 nitrogen and oxygen atoms in total. The van der Waals surface area contributed by atoms with Crippen LogP contribution in [-0.4, -0.2) is 50.1 Å². The Morgan fingerprint density at radius 2 is 1.72 bits per heavy atom. The fraction of sp³-hybridized carbons (Fsp3) is 0.556. The smallest absolute Gasteiger partial charge is 0.407 e. The van der Waals surface area contributed by atoms with Crippen molar-refractivity contribution in [3.63, 3.8) is 0 Å². The number of carbonyl (C=O) groups is 1. The number of ether oxygens (including phenoxy) is 1. The van der Waals surface area contributed by atoms with Crippen LogP contribution in [0, 0.1) is 0 Å². The van der Waals surface area contributed by atoms with E-state index >= 15 is 0 Å². The van der Waals surface area contributed by atoms with Crippen LogP contribution in [0.15, 0.2) is 40.2 Å². The number of benzene rings is 1. The molecule has 0 aliphatic rings. The van der Waals surface area contributed by atoms with Crippen molar-refractivity contribution < 1.29 is 9.53 Å². The van der Waals surface area contributed by atoms with Gasteiger partial charge in [0.25, 0.3) is 0 Å². The highest BCUT2D eigenvalue weighted by molar-refractivity contribution is 7.99. The van der Waals surface area contributed by atoms with Gasteiger partial charge in [-0.25, -0.2) is 4.79 Å². The van der Waals surface area contributed by atoms with E-state index < -0.39 is 11.7 Å². The summed E-state index contributed by atoms with van der Waals surface area (Å²) in [4.78, 5) is 17.0. The summed E-state index contributed by atoms with van der Waals surface area (Å²) in [7, 11) is 1.73. The molecule has 0 saturated carbocycles. The predicted molar refractivity (Wildman–Crippen MR) is 105 cm³/mol. The molecule has 0 bridgehead atoms. The van der Waals surface area contributed by atoms with Crippen molar-refractivity contribution in [3.05, 3.63) is 30.3 Å². The molecule has 0 aliphatic carbocycles. The van der Waals surface area contributed by atoms with E-state index in [2.05, 4.69) is 45.2 Å². The number of hydrogen-bond acceptors (Lipinski definition) is 4. The van der Waals surface area contributed by atoms with Gasteiger partial charge in [0.15, 0.2) is 5.96 Å². The summed E-state index contributed by atoms with van der Waals surface area (Å²) in [5.41, 5.74) is -0.479. The van der Waals surface area contributed by atoms with Crippen LogP contribution in [0.5, 0.6) is 0 Å². The number of thioether (sulfide) groups is 1. The largest absolute Gasteiger partial charge is 0.444 e. The fourth-order valence-electron chi connectivity index (χ4n) is 1.87. The second-order valence-electron chi connectivity index (χ2n) is 6.37. The van der Waals surface area contributed by atoms with Crippen LogP contribution in [0.2, 0.25) is 0 Å². The molecule has 3 N–H and O–H groups in total. The third-order valence-corrected chi connectivity index (χ3v) is 4.03. The van der Waals surface area contributed by atoms with Gasteiger partial charge in [0.1, 0.15) is 5.60 Å². The molecule has 0 radical (unpaired) electrons. The molecular weight excluding hydrogens is 336 g/mol. The van der Waals surface area contributed by atoms with Gasteiger partial charge < -0.3 is 20.7 Å². The van der Waals surface area contributed by atoms with Crippen molar-refractivity contribution in [2.75, 3.05) is 32.4 Å². The van der Waals surface area contributed by atoms with Gasteiger partial charge in [0, 0.05) is 31.6 Å². The molecule has 0 atom stereocenters. The van der Waals surface area contributed by atoms with Gasteiger partial charge in [-0.15, -0.1) is 11.8 Å². The Kier molecular flexibility index (Phi) is 9.84. The standard InChI is InChI=1S/C18H30N4O2S/c1-18(2,3)24-17(23)22-13-12-21-16(19-4)20-11-8-14-25-15-9-6-5-7-10-15/h5-7,9-10H,8,11-14H2,1-4H3,(H,22,23)(H2,19,20,21). The van der Waals surface area contributed by atoms with E-state index in [1.54, 1.807) is 7.05 Å². The third-order valence-electron chi connectivity index (χ3n) is 2.93.